The van der Waals surface area contributed by atoms with Crippen molar-refractivity contribution < 1.29 is 4.79 Å². The predicted molar refractivity (Wildman–Crippen MR) is 82.9 cm³/mol. The number of nitrogens with one attached hydrogen (secondary N) is 3. The van der Waals surface area contributed by atoms with Crippen LogP contribution in [0.5, 0.6) is 0 Å². The fourth-order valence-electron chi connectivity index (χ4n) is 1.49. The molecule has 1 aromatic heterocycles. The van der Waals surface area contributed by atoms with E-state index in [1.807, 2.05) is 33.1 Å². The van der Waals surface area contributed by atoms with Gasteiger partial charge in [0, 0.05) is 23.7 Å². The third-order valence-electron chi connectivity index (χ3n) is 2.23. The van der Waals surface area contributed by atoms with E-state index in [4.69, 9.17) is 0 Å². The molecule has 0 spiro atoms. The Morgan fingerprint density at radius 2 is 2.10 bits per heavy atom. The maximum Gasteiger partial charge on any atom is 0.239 e. The molecular formula is C13H23N5OS. The monoisotopic (exact) mass is 297 g/mol. The van der Waals surface area contributed by atoms with E-state index in [-0.39, 0.29) is 18.0 Å². The van der Waals surface area contributed by atoms with E-state index in [0.717, 1.165) is 10.7 Å². The summed E-state index contributed by atoms with van der Waals surface area (Å²) in [5, 5.41) is 12.0. The minimum atomic E-state index is -0.228. The lowest BCUT2D eigenvalue weighted by molar-refractivity contribution is -0.121. The zero-order valence-electron chi connectivity index (χ0n) is 12.7. The van der Waals surface area contributed by atoms with Gasteiger partial charge in [-0.15, -0.1) is 11.3 Å². The van der Waals surface area contributed by atoms with Crippen molar-refractivity contribution in [1.29, 1.82) is 0 Å². The van der Waals surface area contributed by atoms with Crippen LogP contribution in [-0.4, -0.2) is 36.0 Å². The second-order valence-electron chi connectivity index (χ2n) is 5.46. The first kappa shape index (κ1) is 16.4. The summed E-state index contributed by atoms with van der Waals surface area (Å²) in [7, 11) is 1.67. The van der Waals surface area contributed by atoms with E-state index >= 15 is 0 Å². The molecule has 1 aromatic rings. The lowest BCUT2D eigenvalue weighted by Gasteiger charge is -2.21. The van der Waals surface area contributed by atoms with Crippen LogP contribution < -0.4 is 16.0 Å². The summed E-state index contributed by atoms with van der Waals surface area (Å²) in [6.45, 7) is 8.59. The number of carbonyl (C=O) groups excluding carboxylic acids is 1. The molecule has 1 amide bonds. The summed E-state index contributed by atoms with van der Waals surface area (Å²) in [5.41, 5.74) is 0.785. The van der Waals surface area contributed by atoms with E-state index in [2.05, 4.69) is 25.9 Å². The number of hydrogen-bond donors (Lipinski definition) is 3. The van der Waals surface area contributed by atoms with Crippen LogP contribution in [0.2, 0.25) is 0 Å². The number of aromatic nitrogens is 1. The van der Waals surface area contributed by atoms with Crippen molar-refractivity contribution in [2.75, 3.05) is 13.6 Å². The third kappa shape index (κ3) is 6.51. The zero-order chi connectivity index (χ0) is 15.2. The molecule has 0 bridgehead atoms. The molecule has 0 aromatic carbocycles. The Bertz CT molecular complexity index is 475. The number of hydrogen-bond acceptors (Lipinski definition) is 4. The number of nitrogens with zero attached hydrogens (tertiary/aromatic N) is 2. The Balaban J connectivity index is 2.35. The minimum Gasteiger partial charge on any atom is -0.350 e. The Morgan fingerprint density at radius 3 is 2.60 bits per heavy atom. The van der Waals surface area contributed by atoms with Crippen molar-refractivity contribution in [3.63, 3.8) is 0 Å². The molecule has 1 rings (SSSR count). The van der Waals surface area contributed by atoms with Gasteiger partial charge in [0.1, 0.15) is 5.01 Å². The topological polar surface area (TPSA) is 78.4 Å². The van der Waals surface area contributed by atoms with Crippen LogP contribution in [0.15, 0.2) is 10.4 Å². The Morgan fingerprint density at radius 1 is 1.40 bits per heavy atom. The predicted octanol–water partition coefficient (Wildman–Crippen LogP) is 1.03. The molecule has 0 aliphatic rings. The Hall–Kier alpha value is -1.63. The Kier molecular flexibility index (Phi) is 5.94. The van der Waals surface area contributed by atoms with Crippen LogP contribution in [0.3, 0.4) is 0 Å². The van der Waals surface area contributed by atoms with Gasteiger partial charge in [-0.1, -0.05) is 0 Å². The lowest BCUT2D eigenvalue weighted by atomic mass is 10.1. The molecule has 0 saturated carbocycles. The minimum absolute atomic E-state index is 0.0643. The van der Waals surface area contributed by atoms with Gasteiger partial charge in [-0.25, -0.2) is 4.98 Å². The summed E-state index contributed by atoms with van der Waals surface area (Å²) in [6, 6.07) is 0. The number of guanidine groups is 1. The van der Waals surface area contributed by atoms with Gasteiger partial charge in [0.05, 0.1) is 13.1 Å². The van der Waals surface area contributed by atoms with E-state index in [9.17, 15) is 4.79 Å². The lowest BCUT2D eigenvalue weighted by Crippen LogP contribution is -2.48. The first-order valence-corrected chi connectivity index (χ1v) is 7.34. The van der Waals surface area contributed by atoms with Gasteiger partial charge in [-0.3, -0.25) is 9.79 Å². The molecule has 0 radical (unpaired) electrons. The zero-order valence-corrected chi connectivity index (χ0v) is 13.5. The largest absolute Gasteiger partial charge is 0.350 e. The number of aliphatic imine (C=N–C) groups is 1. The average Bonchev–Trinajstić information content (AvgIpc) is 2.73. The summed E-state index contributed by atoms with van der Waals surface area (Å²) in [4.78, 5) is 20.1. The van der Waals surface area contributed by atoms with Gasteiger partial charge in [0.15, 0.2) is 5.96 Å². The molecule has 3 N–H and O–H groups in total. The van der Waals surface area contributed by atoms with Gasteiger partial charge in [0.25, 0.3) is 0 Å². The molecule has 0 unspecified atom stereocenters. The molecule has 20 heavy (non-hydrogen) atoms. The normalized spacial score (nSPS) is 12.2. The fraction of sp³-hybridized carbons (Fsp3) is 0.615. The number of thiazole rings is 1. The summed E-state index contributed by atoms with van der Waals surface area (Å²) >= 11 is 1.60. The van der Waals surface area contributed by atoms with Gasteiger partial charge in [0.2, 0.25) is 5.91 Å². The number of amides is 1. The molecule has 0 atom stereocenters. The van der Waals surface area contributed by atoms with Crippen LogP contribution in [0.1, 0.15) is 31.5 Å². The molecule has 0 aliphatic heterocycles. The van der Waals surface area contributed by atoms with Gasteiger partial charge >= 0.3 is 0 Å². The highest BCUT2D eigenvalue weighted by Crippen LogP contribution is 2.07. The van der Waals surface area contributed by atoms with Crippen LogP contribution >= 0.6 is 11.3 Å². The molecular weight excluding hydrogens is 274 g/mol. The van der Waals surface area contributed by atoms with Crippen LogP contribution in [-0.2, 0) is 11.3 Å². The van der Waals surface area contributed by atoms with E-state index < -0.39 is 0 Å². The fourth-order valence-corrected chi connectivity index (χ4v) is 2.20. The van der Waals surface area contributed by atoms with Crippen LogP contribution in [0.4, 0.5) is 0 Å². The van der Waals surface area contributed by atoms with Crippen molar-refractivity contribution in [3.05, 3.63) is 16.1 Å². The standard InChI is InChI=1S/C13H23N5OS/c1-9-8-20-11(17-9)7-16-12(14-5)15-6-10(19)18-13(2,3)4/h8H,6-7H2,1-5H3,(H,18,19)(H2,14,15,16). The number of aryl methyl sites for hydroxylation is 1. The molecule has 1 heterocycles. The Labute approximate surface area is 124 Å². The van der Waals surface area contributed by atoms with E-state index in [1.165, 1.54) is 0 Å². The molecule has 7 heteroatoms. The highest BCUT2D eigenvalue weighted by Gasteiger charge is 2.13. The summed E-state index contributed by atoms with van der Waals surface area (Å²) in [5.74, 6) is 0.521. The van der Waals surface area contributed by atoms with Crippen molar-refractivity contribution in [3.8, 4) is 0 Å². The SMILES string of the molecule is CN=C(NCC(=O)NC(C)(C)C)NCc1nc(C)cs1. The van der Waals surface area contributed by atoms with Crippen LogP contribution in [0.25, 0.3) is 0 Å². The van der Waals surface area contributed by atoms with Gasteiger partial charge in [-0.05, 0) is 27.7 Å². The highest BCUT2D eigenvalue weighted by atomic mass is 32.1. The van der Waals surface area contributed by atoms with Gasteiger partial charge in [-0.2, -0.15) is 0 Å². The second kappa shape index (κ2) is 7.23. The average molecular weight is 297 g/mol. The second-order valence-corrected chi connectivity index (χ2v) is 6.40. The quantitative estimate of drug-likeness (QED) is 0.573. The molecule has 0 fully saturated rings. The third-order valence-corrected chi connectivity index (χ3v) is 3.19. The smallest absolute Gasteiger partial charge is 0.239 e. The summed E-state index contributed by atoms with van der Waals surface area (Å²) < 4.78 is 0. The molecule has 6 nitrogen and oxygen atoms in total. The molecule has 0 aliphatic carbocycles. The molecule has 112 valence electrons. The maximum absolute atomic E-state index is 11.7. The van der Waals surface area contributed by atoms with Crippen molar-refractivity contribution in [1.82, 2.24) is 20.9 Å². The maximum atomic E-state index is 11.7. The summed E-state index contributed by atoms with van der Waals surface area (Å²) in [6.07, 6.45) is 0. The van der Waals surface area contributed by atoms with Crippen LogP contribution in [0, 0.1) is 6.92 Å². The molecule has 0 saturated heterocycles. The highest BCUT2D eigenvalue weighted by molar-refractivity contribution is 7.09. The van der Waals surface area contributed by atoms with Crippen molar-refractivity contribution in [2.45, 2.75) is 39.8 Å². The number of rotatable bonds is 4. The van der Waals surface area contributed by atoms with Crippen molar-refractivity contribution in [2.24, 2.45) is 4.99 Å². The van der Waals surface area contributed by atoms with E-state index in [0.29, 0.717) is 12.5 Å². The van der Waals surface area contributed by atoms with E-state index in [1.54, 1.807) is 18.4 Å². The first-order valence-electron chi connectivity index (χ1n) is 6.46. The number of carbonyl (C=O) groups is 1. The van der Waals surface area contributed by atoms with Gasteiger partial charge < -0.3 is 16.0 Å². The first-order chi connectivity index (χ1) is 9.30. The van der Waals surface area contributed by atoms with Crippen molar-refractivity contribution >= 4 is 23.2 Å².